The summed E-state index contributed by atoms with van der Waals surface area (Å²) < 4.78 is 6.18. The molecule has 3 rings (SSSR count). The lowest BCUT2D eigenvalue weighted by atomic mass is 10.2. The van der Waals surface area contributed by atoms with Gasteiger partial charge in [-0.25, -0.2) is 4.98 Å². The van der Waals surface area contributed by atoms with E-state index < -0.39 is 14.2 Å². The normalized spacial score (nSPS) is 11.7. The van der Waals surface area contributed by atoms with E-state index in [9.17, 15) is 9.59 Å². The molecule has 3 N–H and O–H groups in total. The van der Waals surface area contributed by atoms with E-state index in [1.54, 1.807) is 23.6 Å². The number of hydrogen-bond donors (Lipinski definition) is 3. The summed E-state index contributed by atoms with van der Waals surface area (Å²) in [5.74, 6) is -0.404. The van der Waals surface area contributed by atoms with Crippen LogP contribution in [0.1, 0.15) is 40.8 Å². The predicted molar refractivity (Wildman–Crippen MR) is 148 cm³/mol. The molecule has 0 fully saturated rings. The first-order chi connectivity index (χ1) is 16.5. The number of pyridine rings is 1. The first-order valence-corrected chi connectivity index (χ1v) is 15.4. The topological polar surface area (TPSA) is 92.4 Å². The second-order valence-electron chi connectivity index (χ2n) is 9.55. The molecule has 0 bridgehead atoms. The third kappa shape index (κ3) is 7.38. The van der Waals surface area contributed by atoms with E-state index in [2.05, 4.69) is 54.8 Å². The molecule has 0 saturated carbocycles. The third-order valence-electron chi connectivity index (χ3n) is 5.93. The lowest BCUT2D eigenvalue weighted by molar-refractivity contribution is 0.0993. The average Bonchev–Trinajstić information content (AvgIpc) is 3.29. The Morgan fingerprint density at radius 3 is 2.31 bits per heavy atom. The van der Waals surface area contributed by atoms with Crippen molar-refractivity contribution >= 4 is 60.3 Å². The van der Waals surface area contributed by atoms with Crippen LogP contribution < -0.4 is 16.0 Å². The van der Waals surface area contributed by atoms with Crippen LogP contribution in [0.5, 0.6) is 0 Å². The summed E-state index contributed by atoms with van der Waals surface area (Å²) in [4.78, 5) is 29.9. The van der Waals surface area contributed by atoms with Gasteiger partial charge in [0.15, 0.2) is 8.32 Å². The van der Waals surface area contributed by atoms with Gasteiger partial charge in [0.1, 0.15) is 10.7 Å². The quantitative estimate of drug-likeness (QED) is 0.210. The van der Waals surface area contributed by atoms with Crippen molar-refractivity contribution in [3.63, 3.8) is 0 Å². The minimum atomic E-state index is -1.76. The molecule has 0 atom stereocenters. The molecule has 0 aliphatic rings. The first kappa shape index (κ1) is 26.9. The maximum atomic E-state index is 12.8. The number of nitrogens with one attached hydrogen (secondary N) is 3. The van der Waals surface area contributed by atoms with E-state index in [-0.39, 0.29) is 16.5 Å². The highest BCUT2D eigenvalue weighted by molar-refractivity contribution is 7.12. The van der Waals surface area contributed by atoms with Crippen LogP contribution in [0.3, 0.4) is 0 Å². The molecule has 3 aromatic rings. The number of nitrogens with zero attached hydrogens (tertiary/aromatic N) is 1. The van der Waals surface area contributed by atoms with Crippen LogP contribution >= 0.6 is 22.9 Å². The zero-order valence-corrected chi connectivity index (χ0v) is 23.1. The van der Waals surface area contributed by atoms with Crippen LogP contribution in [0.4, 0.5) is 17.2 Å². The summed E-state index contributed by atoms with van der Waals surface area (Å²) in [5, 5.41) is 11.2. The molecule has 35 heavy (non-hydrogen) atoms. The van der Waals surface area contributed by atoms with E-state index in [1.807, 2.05) is 24.3 Å². The number of carbonyl (C=O) groups excluding carboxylic acids is 2. The largest absolute Gasteiger partial charge is 0.415 e. The molecule has 0 aliphatic carbocycles. The zero-order chi connectivity index (χ0) is 25.6. The lowest BCUT2D eigenvalue weighted by Gasteiger charge is -2.36. The molecular formula is C25H31ClN4O3SSi. The zero-order valence-electron chi connectivity index (χ0n) is 20.6. The summed E-state index contributed by atoms with van der Waals surface area (Å²) in [6.07, 6.45) is 1.44. The predicted octanol–water partition coefficient (Wildman–Crippen LogP) is 6.73. The fourth-order valence-corrected chi connectivity index (χ4v) is 4.82. The van der Waals surface area contributed by atoms with Crippen molar-refractivity contribution in [2.75, 3.05) is 29.1 Å². The van der Waals surface area contributed by atoms with Gasteiger partial charge in [-0.3, -0.25) is 9.59 Å². The van der Waals surface area contributed by atoms with Crippen LogP contribution in [-0.2, 0) is 4.43 Å². The highest BCUT2D eigenvalue weighted by Gasteiger charge is 2.36. The number of carbonyl (C=O) groups is 2. The van der Waals surface area contributed by atoms with Gasteiger partial charge in [0.05, 0.1) is 17.2 Å². The second kappa shape index (κ2) is 11.3. The van der Waals surface area contributed by atoms with E-state index in [1.165, 1.54) is 17.5 Å². The average molecular weight is 531 g/mol. The van der Waals surface area contributed by atoms with Crippen LogP contribution in [0.2, 0.25) is 23.2 Å². The Morgan fingerprint density at radius 1 is 1.00 bits per heavy atom. The molecule has 186 valence electrons. The van der Waals surface area contributed by atoms with Crippen molar-refractivity contribution in [3.05, 3.63) is 69.5 Å². The van der Waals surface area contributed by atoms with Gasteiger partial charge >= 0.3 is 0 Å². The monoisotopic (exact) mass is 530 g/mol. The molecule has 0 aliphatic heterocycles. The first-order valence-electron chi connectivity index (χ1n) is 11.3. The molecule has 2 amide bonds. The van der Waals surface area contributed by atoms with Crippen molar-refractivity contribution in [1.29, 1.82) is 0 Å². The van der Waals surface area contributed by atoms with Gasteiger partial charge in [0.25, 0.3) is 11.8 Å². The van der Waals surface area contributed by atoms with Gasteiger partial charge < -0.3 is 20.4 Å². The van der Waals surface area contributed by atoms with Crippen molar-refractivity contribution in [2.24, 2.45) is 0 Å². The number of hydrogen-bond acceptors (Lipinski definition) is 6. The molecular weight excluding hydrogens is 500 g/mol. The molecule has 7 nitrogen and oxygen atoms in total. The Balaban J connectivity index is 1.53. The van der Waals surface area contributed by atoms with E-state index >= 15 is 0 Å². The maximum Gasteiger partial charge on any atom is 0.266 e. The van der Waals surface area contributed by atoms with Crippen molar-refractivity contribution in [1.82, 2.24) is 4.98 Å². The number of halogens is 1. The van der Waals surface area contributed by atoms with Gasteiger partial charge in [-0.15, -0.1) is 11.3 Å². The Bertz CT molecular complexity index is 1160. The maximum absolute atomic E-state index is 12.8. The van der Waals surface area contributed by atoms with Crippen LogP contribution in [0.25, 0.3) is 0 Å². The fourth-order valence-electron chi connectivity index (χ4n) is 2.87. The molecule has 2 heterocycles. The van der Waals surface area contributed by atoms with Crippen LogP contribution in [0.15, 0.2) is 54.0 Å². The number of thiophene rings is 1. The fraction of sp³-hybridized carbons (Fsp3) is 0.320. The van der Waals surface area contributed by atoms with Crippen molar-refractivity contribution in [2.45, 2.75) is 38.9 Å². The van der Waals surface area contributed by atoms with Crippen molar-refractivity contribution in [3.8, 4) is 0 Å². The van der Waals surface area contributed by atoms with Crippen LogP contribution in [-0.4, -0.2) is 38.3 Å². The molecule has 2 aromatic heterocycles. The molecule has 10 heteroatoms. The Morgan fingerprint density at radius 2 is 1.69 bits per heavy atom. The Hall–Kier alpha value is -2.72. The van der Waals surface area contributed by atoms with Crippen molar-refractivity contribution < 1.29 is 14.0 Å². The minimum absolute atomic E-state index is 0.183. The summed E-state index contributed by atoms with van der Waals surface area (Å²) in [7, 11) is -1.76. The van der Waals surface area contributed by atoms with Gasteiger partial charge in [-0.2, -0.15) is 0 Å². The summed E-state index contributed by atoms with van der Waals surface area (Å²) in [6, 6.07) is 12.3. The number of aromatic nitrogens is 1. The lowest BCUT2D eigenvalue weighted by Crippen LogP contribution is -2.41. The molecule has 1 aromatic carbocycles. The summed E-state index contributed by atoms with van der Waals surface area (Å²) in [6.45, 7) is 12.5. The second-order valence-corrected chi connectivity index (χ2v) is 15.7. The standard InChI is InChI=1S/C25H31ClN4O3SSi/c1-25(2,3)35(4,5)33-14-13-27-18-7-9-19(10-8-18)29-24(32)22-20(12-15-34-22)23(31)30-21-11-6-17(26)16-28-21/h6-12,15-16,27H,13-14H2,1-5H3,(H,29,32)(H,28,30,31). The highest BCUT2D eigenvalue weighted by Crippen LogP contribution is 2.36. The Kier molecular flexibility index (Phi) is 8.71. The van der Waals surface area contributed by atoms with Crippen LogP contribution in [0, 0.1) is 0 Å². The molecule has 0 saturated heterocycles. The summed E-state index contributed by atoms with van der Waals surface area (Å²) >= 11 is 7.03. The third-order valence-corrected chi connectivity index (χ3v) is 11.6. The number of benzene rings is 1. The molecule has 0 unspecified atom stereocenters. The van der Waals surface area contributed by atoms with E-state index in [0.29, 0.717) is 34.6 Å². The van der Waals surface area contributed by atoms with Gasteiger partial charge in [0.2, 0.25) is 0 Å². The van der Waals surface area contributed by atoms with E-state index in [4.69, 9.17) is 16.0 Å². The van der Waals surface area contributed by atoms with E-state index in [0.717, 1.165) is 5.69 Å². The summed E-state index contributed by atoms with van der Waals surface area (Å²) in [5.41, 5.74) is 1.86. The number of anilines is 3. The molecule has 0 radical (unpaired) electrons. The highest BCUT2D eigenvalue weighted by atomic mass is 35.5. The number of amides is 2. The minimum Gasteiger partial charge on any atom is -0.415 e. The molecule has 0 spiro atoms. The smallest absolute Gasteiger partial charge is 0.266 e. The van der Waals surface area contributed by atoms with Gasteiger partial charge in [-0.1, -0.05) is 32.4 Å². The van der Waals surface area contributed by atoms with Gasteiger partial charge in [-0.05, 0) is 66.0 Å². The SMILES string of the molecule is CC(C)(C)[Si](C)(C)OCCNc1ccc(NC(=O)c2sccc2C(=O)Nc2ccc(Cl)cn2)cc1. The number of rotatable bonds is 9. The van der Waals surface area contributed by atoms with Gasteiger partial charge in [0, 0.05) is 24.1 Å². The Labute approximate surface area is 216 Å².